The molecular formula is C12H26N2OS. The molecule has 1 aliphatic heterocycles. The van der Waals surface area contributed by atoms with E-state index in [4.69, 9.17) is 4.74 Å². The summed E-state index contributed by atoms with van der Waals surface area (Å²) in [5.74, 6) is 2.68. The van der Waals surface area contributed by atoms with Crippen LogP contribution in [0.25, 0.3) is 0 Å². The molecule has 0 amide bonds. The van der Waals surface area contributed by atoms with Crippen LogP contribution >= 0.6 is 11.8 Å². The van der Waals surface area contributed by atoms with Crippen LogP contribution in [0, 0.1) is 0 Å². The maximum atomic E-state index is 5.05. The molecule has 0 atom stereocenters. The number of ether oxygens (including phenoxy) is 1. The molecule has 0 aromatic heterocycles. The van der Waals surface area contributed by atoms with Gasteiger partial charge in [0.2, 0.25) is 0 Å². The number of hydrogen-bond donors (Lipinski definition) is 1. The van der Waals surface area contributed by atoms with Crippen LogP contribution in [-0.4, -0.2) is 62.8 Å². The second-order valence-corrected chi connectivity index (χ2v) is 5.72. The van der Waals surface area contributed by atoms with Crippen molar-refractivity contribution in [1.82, 2.24) is 10.2 Å². The van der Waals surface area contributed by atoms with Gasteiger partial charge in [0.25, 0.3) is 0 Å². The van der Waals surface area contributed by atoms with Crippen molar-refractivity contribution in [3.8, 4) is 0 Å². The van der Waals surface area contributed by atoms with Crippen LogP contribution in [-0.2, 0) is 4.74 Å². The monoisotopic (exact) mass is 246 g/mol. The van der Waals surface area contributed by atoms with Crippen molar-refractivity contribution < 1.29 is 4.74 Å². The van der Waals surface area contributed by atoms with Gasteiger partial charge in [-0.25, -0.2) is 0 Å². The number of likely N-dealkylation sites (N-methyl/N-ethyl adjacent to an activating group) is 1. The van der Waals surface area contributed by atoms with Crippen molar-refractivity contribution in [2.45, 2.75) is 25.3 Å². The fourth-order valence-corrected chi connectivity index (χ4v) is 3.02. The molecule has 0 saturated carbocycles. The van der Waals surface area contributed by atoms with Crippen LogP contribution < -0.4 is 5.32 Å². The number of methoxy groups -OCH3 is 1. The summed E-state index contributed by atoms with van der Waals surface area (Å²) in [6.07, 6.45) is 3.94. The molecule has 0 unspecified atom stereocenters. The Labute approximate surface area is 104 Å². The number of rotatable bonds is 8. The van der Waals surface area contributed by atoms with E-state index in [1.807, 2.05) is 0 Å². The molecule has 0 aromatic rings. The van der Waals surface area contributed by atoms with E-state index in [1.54, 1.807) is 7.11 Å². The van der Waals surface area contributed by atoms with E-state index in [0.29, 0.717) is 0 Å². The van der Waals surface area contributed by atoms with Gasteiger partial charge in [-0.2, -0.15) is 11.8 Å². The Hall–Kier alpha value is 0.230. The molecule has 1 saturated heterocycles. The van der Waals surface area contributed by atoms with E-state index in [1.165, 1.54) is 30.8 Å². The standard InChI is InChI=1S/C12H26N2OS/c1-14(8-9-15-2)7-3-6-13-12-4-10-16-11-5-12/h12-13H,3-11H2,1-2H3. The Morgan fingerprint density at radius 1 is 1.31 bits per heavy atom. The summed E-state index contributed by atoms with van der Waals surface area (Å²) in [6, 6.07) is 0.783. The van der Waals surface area contributed by atoms with Gasteiger partial charge in [0, 0.05) is 19.7 Å². The average molecular weight is 246 g/mol. The van der Waals surface area contributed by atoms with Gasteiger partial charge in [-0.1, -0.05) is 0 Å². The van der Waals surface area contributed by atoms with Crippen molar-refractivity contribution in [3.63, 3.8) is 0 Å². The molecule has 1 rings (SSSR count). The lowest BCUT2D eigenvalue weighted by Gasteiger charge is -2.23. The molecule has 16 heavy (non-hydrogen) atoms. The van der Waals surface area contributed by atoms with E-state index >= 15 is 0 Å². The first kappa shape index (κ1) is 14.3. The van der Waals surface area contributed by atoms with E-state index in [-0.39, 0.29) is 0 Å². The number of nitrogens with one attached hydrogen (secondary N) is 1. The third kappa shape index (κ3) is 6.74. The molecule has 0 bridgehead atoms. The molecule has 3 nitrogen and oxygen atoms in total. The maximum absolute atomic E-state index is 5.05. The third-order valence-corrected chi connectivity index (χ3v) is 4.10. The minimum absolute atomic E-state index is 0.783. The lowest BCUT2D eigenvalue weighted by Crippen LogP contribution is -2.35. The van der Waals surface area contributed by atoms with Gasteiger partial charge in [-0.15, -0.1) is 0 Å². The second-order valence-electron chi connectivity index (χ2n) is 4.49. The highest BCUT2D eigenvalue weighted by Crippen LogP contribution is 2.16. The van der Waals surface area contributed by atoms with Crippen molar-refractivity contribution in [2.75, 3.05) is 51.9 Å². The fraction of sp³-hybridized carbons (Fsp3) is 1.00. The number of nitrogens with zero attached hydrogens (tertiary/aromatic N) is 1. The Morgan fingerprint density at radius 2 is 2.06 bits per heavy atom. The minimum atomic E-state index is 0.783. The second kappa shape index (κ2) is 9.28. The lowest BCUT2D eigenvalue weighted by molar-refractivity contribution is 0.160. The molecule has 0 aliphatic carbocycles. The first-order valence-corrected chi connectivity index (χ1v) is 7.47. The largest absolute Gasteiger partial charge is 0.383 e. The van der Waals surface area contributed by atoms with Crippen LogP contribution in [0.1, 0.15) is 19.3 Å². The third-order valence-electron chi connectivity index (χ3n) is 3.05. The SMILES string of the molecule is COCCN(C)CCCNC1CCSCC1. The predicted molar refractivity (Wildman–Crippen MR) is 72.3 cm³/mol. The molecule has 1 fully saturated rings. The highest BCUT2D eigenvalue weighted by Gasteiger charge is 2.12. The van der Waals surface area contributed by atoms with Crippen molar-refractivity contribution in [3.05, 3.63) is 0 Å². The molecule has 1 aliphatic rings. The summed E-state index contributed by atoms with van der Waals surface area (Å²) in [6.45, 7) is 4.20. The number of thioether (sulfide) groups is 1. The summed E-state index contributed by atoms with van der Waals surface area (Å²) in [5, 5.41) is 3.66. The van der Waals surface area contributed by atoms with Gasteiger partial charge in [-0.05, 0) is 50.9 Å². The predicted octanol–water partition coefficient (Wildman–Crippen LogP) is 1.44. The van der Waals surface area contributed by atoms with E-state index in [0.717, 1.165) is 32.3 Å². The van der Waals surface area contributed by atoms with Gasteiger partial charge in [0.05, 0.1) is 6.61 Å². The van der Waals surface area contributed by atoms with Crippen molar-refractivity contribution >= 4 is 11.8 Å². The molecule has 0 spiro atoms. The summed E-state index contributed by atoms with van der Waals surface area (Å²) in [5.41, 5.74) is 0. The molecule has 0 radical (unpaired) electrons. The van der Waals surface area contributed by atoms with Crippen LogP contribution in [0.3, 0.4) is 0 Å². The smallest absolute Gasteiger partial charge is 0.0589 e. The van der Waals surface area contributed by atoms with E-state index in [2.05, 4.69) is 29.0 Å². The van der Waals surface area contributed by atoms with E-state index in [9.17, 15) is 0 Å². The van der Waals surface area contributed by atoms with Gasteiger partial charge in [0.15, 0.2) is 0 Å². The van der Waals surface area contributed by atoms with Crippen LogP contribution in [0.4, 0.5) is 0 Å². The lowest BCUT2D eigenvalue weighted by atomic mass is 10.1. The summed E-state index contributed by atoms with van der Waals surface area (Å²) >= 11 is 2.09. The minimum Gasteiger partial charge on any atom is -0.383 e. The fourth-order valence-electron chi connectivity index (χ4n) is 1.92. The van der Waals surface area contributed by atoms with Gasteiger partial charge >= 0.3 is 0 Å². The zero-order valence-corrected chi connectivity index (χ0v) is 11.5. The highest BCUT2D eigenvalue weighted by atomic mass is 32.2. The Morgan fingerprint density at radius 3 is 2.75 bits per heavy atom. The topological polar surface area (TPSA) is 24.5 Å². The normalized spacial score (nSPS) is 18.2. The van der Waals surface area contributed by atoms with Crippen LogP contribution in [0.5, 0.6) is 0 Å². The highest BCUT2D eigenvalue weighted by molar-refractivity contribution is 7.99. The molecule has 96 valence electrons. The van der Waals surface area contributed by atoms with Gasteiger partial charge in [-0.3, -0.25) is 0 Å². The van der Waals surface area contributed by atoms with Crippen molar-refractivity contribution in [2.24, 2.45) is 0 Å². The number of hydrogen-bond acceptors (Lipinski definition) is 4. The average Bonchev–Trinajstić information content (AvgIpc) is 2.33. The summed E-state index contributed by atoms with van der Waals surface area (Å²) in [4.78, 5) is 2.34. The van der Waals surface area contributed by atoms with Crippen LogP contribution in [0.2, 0.25) is 0 Å². The Kier molecular flexibility index (Phi) is 8.29. The maximum Gasteiger partial charge on any atom is 0.0589 e. The van der Waals surface area contributed by atoms with Gasteiger partial charge in [0.1, 0.15) is 0 Å². The molecule has 1 N–H and O–H groups in total. The summed E-state index contributed by atoms with van der Waals surface area (Å²) < 4.78 is 5.05. The zero-order chi connectivity index (χ0) is 11.6. The first-order valence-electron chi connectivity index (χ1n) is 6.31. The molecule has 0 aromatic carbocycles. The molecule has 4 heteroatoms. The quantitative estimate of drug-likeness (QED) is 0.655. The Balaban J connectivity index is 1.90. The molecular weight excluding hydrogens is 220 g/mol. The first-order chi connectivity index (χ1) is 7.83. The molecule has 1 heterocycles. The van der Waals surface area contributed by atoms with Crippen molar-refractivity contribution in [1.29, 1.82) is 0 Å². The summed E-state index contributed by atoms with van der Waals surface area (Å²) in [7, 11) is 3.92. The van der Waals surface area contributed by atoms with Crippen LogP contribution in [0.15, 0.2) is 0 Å². The van der Waals surface area contributed by atoms with E-state index < -0.39 is 0 Å². The zero-order valence-electron chi connectivity index (χ0n) is 10.7. The Bertz CT molecular complexity index is 163. The van der Waals surface area contributed by atoms with Gasteiger partial charge < -0.3 is 15.0 Å².